The zero-order valence-electron chi connectivity index (χ0n) is 21.6. The van der Waals surface area contributed by atoms with E-state index in [1.54, 1.807) is 9.80 Å². The molecule has 3 amide bonds. The van der Waals surface area contributed by atoms with E-state index in [-0.39, 0.29) is 24.4 Å². The third-order valence-electron chi connectivity index (χ3n) is 7.15. The van der Waals surface area contributed by atoms with Gasteiger partial charge in [0, 0.05) is 25.6 Å². The van der Waals surface area contributed by atoms with Crippen molar-refractivity contribution in [2.24, 2.45) is 0 Å². The maximum Gasteiger partial charge on any atom is 0.321 e. The molecule has 1 N–H and O–H groups in total. The second kappa shape index (κ2) is 14.7. The van der Waals surface area contributed by atoms with Gasteiger partial charge in [-0.05, 0) is 31.2 Å². The Kier molecular flexibility index (Phi) is 11.4. The van der Waals surface area contributed by atoms with E-state index >= 15 is 0 Å². The van der Waals surface area contributed by atoms with Crippen molar-refractivity contribution >= 4 is 23.5 Å². The van der Waals surface area contributed by atoms with Crippen LogP contribution in [0, 0.1) is 0 Å². The van der Waals surface area contributed by atoms with Crippen LogP contribution in [-0.4, -0.2) is 78.2 Å². The Balaban J connectivity index is 1.67. The van der Waals surface area contributed by atoms with E-state index in [1.807, 2.05) is 37.3 Å². The molecule has 1 heterocycles. The van der Waals surface area contributed by atoms with Crippen LogP contribution in [0.25, 0.3) is 0 Å². The van der Waals surface area contributed by atoms with Gasteiger partial charge in [0.05, 0.1) is 19.8 Å². The summed E-state index contributed by atoms with van der Waals surface area (Å²) in [5.74, 6) is -1.52. The highest BCUT2D eigenvalue weighted by Crippen LogP contribution is 2.28. The maximum atomic E-state index is 13.7. The summed E-state index contributed by atoms with van der Waals surface area (Å²) < 4.78 is 5.41. The van der Waals surface area contributed by atoms with Gasteiger partial charge in [-0.2, -0.15) is 0 Å². The van der Waals surface area contributed by atoms with Crippen molar-refractivity contribution in [1.82, 2.24) is 15.1 Å². The zero-order valence-corrected chi connectivity index (χ0v) is 21.6. The van der Waals surface area contributed by atoms with Gasteiger partial charge in [0.1, 0.15) is 6.04 Å². The van der Waals surface area contributed by atoms with Crippen LogP contribution >= 0.6 is 0 Å². The summed E-state index contributed by atoms with van der Waals surface area (Å²) in [4.78, 5) is 55.9. The number of hydrogen-bond donors (Lipinski definition) is 1. The first-order chi connectivity index (χ1) is 17.5. The first-order valence-electron chi connectivity index (χ1n) is 13.5. The molecule has 1 aliphatic heterocycles. The lowest BCUT2D eigenvalue weighted by atomic mass is 9.91. The number of aryl methyl sites for hydroxylation is 1. The van der Waals surface area contributed by atoms with E-state index in [2.05, 4.69) is 5.32 Å². The van der Waals surface area contributed by atoms with E-state index in [0.717, 1.165) is 50.5 Å². The molecule has 1 saturated heterocycles. The number of ether oxygens (including phenoxy) is 1. The number of morpholine rings is 1. The van der Waals surface area contributed by atoms with Crippen molar-refractivity contribution in [1.29, 1.82) is 0 Å². The van der Waals surface area contributed by atoms with Gasteiger partial charge in [-0.3, -0.25) is 14.4 Å². The fourth-order valence-electron chi connectivity index (χ4n) is 5.05. The summed E-state index contributed by atoms with van der Waals surface area (Å²) in [5.41, 5.74) is 1.05. The lowest BCUT2D eigenvalue weighted by Gasteiger charge is -2.42. The highest BCUT2D eigenvalue weighted by atomic mass is 16.5. The predicted octanol–water partition coefficient (Wildman–Crippen LogP) is 3.52. The molecule has 2 fully saturated rings. The monoisotopic (exact) mass is 499 g/mol. The summed E-state index contributed by atoms with van der Waals surface area (Å²) in [6.45, 7) is 3.77. The SMILES string of the molecule is CCCC[C@@H](C(=O)C(=O)NCC(=O)CCc1ccccc1)N(C(=O)N1CCOCC1)C1CCCCC1. The molecule has 1 atom stereocenters. The van der Waals surface area contributed by atoms with E-state index in [0.29, 0.717) is 45.6 Å². The Bertz CT molecular complexity index is 863. The molecule has 3 rings (SSSR count). The number of nitrogens with zero attached hydrogens (tertiary/aromatic N) is 2. The molecular formula is C28H41N3O5. The van der Waals surface area contributed by atoms with Crippen LogP contribution < -0.4 is 5.32 Å². The fourth-order valence-corrected chi connectivity index (χ4v) is 5.05. The standard InChI is InChI=1S/C28H41N3O5/c1-2-3-14-25(26(33)27(34)29-21-24(32)16-15-22-10-6-4-7-11-22)31(23-12-8-5-9-13-23)28(35)30-17-19-36-20-18-30/h4,6-7,10-11,23,25H,2-3,5,8-9,12-21H2,1H3,(H,29,34)/t25-/m0/s1. The minimum Gasteiger partial charge on any atom is -0.378 e. The van der Waals surface area contributed by atoms with Gasteiger partial charge in [0.2, 0.25) is 5.78 Å². The second-order valence-corrected chi connectivity index (χ2v) is 9.81. The smallest absolute Gasteiger partial charge is 0.321 e. The fraction of sp³-hybridized carbons (Fsp3) is 0.643. The van der Waals surface area contributed by atoms with E-state index in [9.17, 15) is 19.2 Å². The van der Waals surface area contributed by atoms with E-state index < -0.39 is 17.7 Å². The zero-order chi connectivity index (χ0) is 25.8. The summed E-state index contributed by atoms with van der Waals surface area (Å²) in [5, 5.41) is 2.54. The molecule has 0 radical (unpaired) electrons. The molecule has 0 aromatic heterocycles. The average Bonchev–Trinajstić information content (AvgIpc) is 2.93. The summed E-state index contributed by atoms with van der Waals surface area (Å²) in [7, 11) is 0. The number of nitrogens with one attached hydrogen (secondary N) is 1. The molecule has 1 aromatic rings. The van der Waals surface area contributed by atoms with Gasteiger partial charge in [-0.15, -0.1) is 0 Å². The number of unbranched alkanes of at least 4 members (excludes halogenated alkanes) is 1. The number of carbonyl (C=O) groups is 4. The number of urea groups is 1. The average molecular weight is 500 g/mol. The lowest BCUT2D eigenvalue weighted by Crippen LogP contribution is -2.59. The number of rotatable bonds is 12. The predicted molar refractivity (Wildman–Crippen MR) is 138 cm³/mol. The van der Waals surface area contributed by atoms with Gasteiger partial charge < -0.3 is 19.9 Å². The number of carbonyl (C=O) groups excluding carboxylic acids is 4. The Morgan fingerprint density at radius 1 is 1.06 bits per heavy atom. The number of amides is 3. The van der Waals surface area contributed by atoms with Crippen molar-refractivity contribution in [2.45, 2.75) is 83.2 Å². The van der Waals surface area contributed by atoms with Gasteiger partial charge in [0.25, 0.3) is 5.91 Å². The van der Waals surface area contributed by atoms with Crippen LogP contribution in [0.3, 0.4) is 0 Å². The molecule has 1 aliphatic carbocycles. The molecule has 36 heavy (non-hydrogen) atoms. The van der Waals surface area contributed by atoms with Crippen LogP contribution in [-0.2, 0) is 25.5 Å². The van der Waals surface area contributed by atoms with Crippen molar-refractivity contribution in [3.8, 4) is 0 Å². The highest BCUT2D eigenvalue weighted by molar-refractivity contribution is 6.38. The molecule has 1 saturated carbocycles. The molecule has 0 unspecified atom stereocenters. The third-order valence-corrected chi connectivity index (χ3v) is 7.15. The highest BCUT2D eigenvalue weighted by Gasteiger charge is 2.40. The largest absolute Gasteiger partial charge is 0.378 e. The van der Waals surface area contributed by atoms with Crippen LogP contribution in [0.5, 0.6) is 0 Å². The van der Waals surface area contributed by atoms with Gasteiger partial charge in [-0.1, -0.05) is 69.4 Å². The number of ketones is 2. The van der Waals surface area contributed by atoms with Gasteiger partial charge >= 0.3 is 6.03 Å². The molecule has 1 aromatic carbocycles. The lowest BCUT2D eigenvalue weighted by molar-refractivity contribution is -0.141. The molecule has 0 spiro atoms. The maximum absolute atomic E-state index is 13.7. The second-order valence-electron chi connectivity index (χ2n) is 9.81. The Morgan fingerprint density at radius 2 is 1.75 bits per heavy atom. The quantitative estimate of drug-likeness (QED) is 0.444. The summed E-state index contributed by atoms with van der Waals surface area (Å²) in [6.07, 6.45) is 7.73. The van der Waals surface area contributed by atoms with Crippen LogP contribution in [0.1, 0.15) is 70.3 Å². The minimum absolute atomic E-state index is 0.0554. The van der Waals surface area contributed by atoms with Crippen molar-refractivity contribution in [2.75, 3.05) is 32.8 Å². The molecule has 198 valence electrons. The van der Waals surface area contributed by atoms with E-state index in [4.69, 9.17) is 4.74 Å². The Labute approximate surface area is 214 Å². The molecule has 8 heteroatoms. The van der Waals surface area contributed by atoms with Crippen LogP contribution in [0.15, 0.2) is 30.3 Å². The van der Waals surface area contributed by atoms with Gasteiger partial charge in [-0.25, -0.2) is 4.79 Å². The molecular weight excluding hydrogens is 458 g/mol. The molecule has 0 bridgehead atoms. The number of hydrogen-bond acceptors (Lipinski definition) is 5. The first kappa shape index (κ1) is 27.8. The van der Waals surface area contributed by atoms with Crippen molar-refractivity contribution < 1.29 is 23.9 Å². The Morgan fingerprint density at radius 3 is 2.42 bits per heavy atom. The first-order valence-corrected chi connectivity index (χ1v) is 13.5. The normalized spacial score (nSPS) is 17.3. The van der Waals surface area contributed by atoms with Crippen LogP contribution in [0.2, 0.25) is 0 Å². The van der Waals surface area contributed by atoms with Crippen molar-refractivity contribution in [3.63, 3.8) is 0 Å². The van der Waals surface area contributed by atoms with Gasteiger partial charge in [0.15, 0.2) is 5.78 Å². The molecule has 2 aliphatic rings. The van der Waals surface area contributed by atoms with E-state index in [1.165, 1.54) is 0 Å². The van der Waals surface area contributed by atoms with Crippen LogP contribution in [0.4, 0.5) is 4.79 Å². The summed E-state index contributed by atoms with van der Waals surface area (Å²) >= 11 is 0. The molecule has 8 nitrogen and oxygen atoms in total. The Hall–Kier alpha value is -2.74. The minimum atomic E-state index is -0.817. The van der Waals surface area contributed by atoms with Crippen molar-refractivity contribution in [3.05, 3.63) is 35.9 Å². The topological polar surface area (TPSA) is 96.0 Å². The third kappa shape index (κ3) is 8.15. The number of Topliss-reactive ketones (excluding diaryl/α,β-unsaturated/α-hetero) is 2. The number of benzene rings is 1. The summed E-state index contributed by atoms with van der Waals surface area (Å²) in [6, 6.07) is 8.64.